The highest BCUT2D eigenvalue weighted by Gasteiger charge is 2.24. The van der Waals surface area contributed by atoms with Crippen molar-refractivity contribution in [2.75, 3.05) is 11.5 Å². The molecule has 0 bridgehead atoms. The number of benzene rings is 1. The van der Waals surface area contributed by atoms with Gasteiger partial charge in [0.05, 0.1) is 16.8 Å². The normalized spacial score (nSPS) is 11.2. The maximum absolute atomic E-state index is 6.29. The number of hydrogen-bond acceptors (Lipinski definition) is 8. The average molecular weight is 427 g/mol. The van der Waals surface area contributed by atoms with Gasteiger partial charge in [-0.3, -0.25) is 4.68 Å². The molecule has 0 amide bonds. The van der Waals surface area contributed by atoms with Crippen molar-refractivity contribution >= 4 is 22.7 Å². The summed E-state index contributed by atoms with van der Waals surface area (Å²) in [6, 6.07) is 11.6. The second-order valence-corrected chi connectivity index (χ2v) is 7.43. The number of anilines is 2. The Morgan fingerprint density at radius 3 is 2.44 bits per heavy atom. The van der Waals surface area contributed by atoms with Crippen molar-refractivity contribution in [2.24, 2.45) is 14.1 Å². The summed E-state index contributed by atoms with van der Waals surface area (Å²) in [6.45, 7) is 1.89. The van der Waals surface area contributed by atoms with E-state index in [-0.39, 0.29) is 0 Å². The van der Waals surface area contributed by atoms with Gasteiger partial charge in [-0.05, 0) is 30.7 Å². The van der Waals surface area contributed by atoms with Crippen molar-refractivity contribution in [1.82, 2.24) is 34.3 Å². The zero-order valence-electron chi connectivity index (χ0n) is 17.8. The van der Waals surface area contributed by atoms with Crippen LogP contribution in [0.1, 0.15) is 5.69 Å². The van der Waals surface area contributed by atoms with Gasteiger partial charge in [0.15, 0.2) is 0 Å². The van der Waals surface area contributed by atoms with Crippen LogP contribution in [0.15, 0.2) is 48.9 Å². The first-order valence-electron chi connectivity index (χ1n) is 9.89. The lowest BCUT2D eigenvalue weighted by molar-refractivity contribution is 0.440. The van der Waals surface area contributed by atoms with E-state index in [0.717, 1.165) is 39.2 Å². The molecule has 0 fully saturated rings. The minimum absolute atomic E-state index is 0.298. The minimum Gasteiger partial charge on any atom is -0.424 e. The minimum atomic E-state index is 0.298. The van der Waals surface area contributed by atoms with Gasteiger partial charge in [0, 0.05) is 37.6 Å². The maximum atomic E-state index is 6.29. The van der Waals surface area contributed by atoms with E-state index < -0.39 is 0 Å². The second-order valence-electron chi connectivity index (χ2n) is 7.43. The molecule has 0 saturated carbocycles. The molecular formula is C22H21N9O. The number of nitrogen functional groups attached to an aromatic ring is 2. The number of hydrogen-bond donors (Lipinski definition) is 2. The summed E-state index contributed by atoms with van der Waals surface area (Å²) in [7, 11) is 3.78. The molecule has 0 unspecified atom stereocenters. The molecule has 4 N–H and O–H groups in total. The molecule has 4 aromatic heterocycles. The number of nitrogens with two attached hydrogens (primary N) is 2. The molecule has 0 radical (unpaired) electrons. The first-order chi connectivity index (χ1) is 15.4. The van der Waals surface area contributed by atoms with Gasteiger partial charge in [-0.25, -0.2) is 19.9 Å². The zero-order valence-corrected chi connectivity index (χ0v) is 17.8. The van der Waals surface area contributed by atoms with Crippen molar-refractivity contribution in [1.29, 1.82) is 0 Å². The first-order valence-corrected chi connectivity index (χ1v) is 9.89. The van der Waals surface area contributed by atoms with Gasteiger partial charge in [-0.2, -0.15) is 5.10 Å². The molecular weight excluding hydrogens is 406 g/mol. The lowest BCUT2D eigenvalue weighted by atomic mass is 10.0. The van der Waals surface area contributed by atoms with Crippen molar-refractivity contribution in [3.63, 3.8) is 0 Å². The fourth-order valence-electron chi connectivity index (χ4n) is 3.84. The topological polar surface area (TPSA) is 136 Å². The van der Waals surface area contributed by atoms with Gasteiger partial charge >= 0.3 is 6.01 Å². The summed E-state index contributed by atoms with van der Waals surface area (Å²) in [5.74, 6) is 1.45. The molecule has 4 heterocycles. The van der Waals surface area contributed by atoms with Crippen LogP contribution in [0.2, 0.25) is 0 Å². The number of nitrogens with zero attached hydrogens (tertiary/aromatic N) is 7. The third-order valence-corrected chi connectivity index (χ3v) is 5.26. The van der Waals surface area contributed by atoms with Gasteiger partial charge in [-0.15, -0.1) is 0 Å². The largest absolute Gasteiger partial charge is 0.424 e. The lowest BCUT2D eigenvalue weighted by Crippen LogP contribution is -2.00. The first kappa shape index (κ1) is 19.5. The predicted octanol–water partition coefficient (Wildman–Crippen LogP) is 3.09. The monoisotopic (exact) mass is 427 g/mol. The van der Waals surface area contributed by atoms with Crippen LogP contribution in [0.25, 0.3) is 33.5 Å². The fourth-order valence-corrected chi connectivity index (χ4v) is 3.84. The van der Waals surface area contributed by atoms with E-state index in [1.54, 1.807) is 10.9 Å². The molecule has 10 nitrogen and oxygen atoms in total. The van der Waals surface area contributed by atoms with E-state index in [9.17, 15) is 0 Å². The third kappa shape index (κ3) is 3.18. The highest BCUT2D eigenvalue weighted by Crippen LogP contribution is 2.42. The molecule has 5 rings (SSSR count). The van der Waals surface area contributed by atoms with Gasteiger partial charge in [-0.1, -0.05) is 12.1 Å². The summed E-state index contributed by atoms with van der Waals surface area (Å²) < 4.78 is 9.51. The standard InChI is InChI=1S/C22H21N9O/c1-12-8-9-25-22(28-12)32-14-6-4-13(5-7-14)17-18-20(24)26-11-27-21(18)30(2)19(17)15-10-16(23)29-31(15)3/h4-11H,1-3H3,(H2,23,29)(H2,24,26,27). The molecule has 5 aromatic rings. The number of aryl methyl sites for hydroxylation is 3. The van der Waals surface area contributed by atoms with E-state index >= 15 is 0 Å². The number of ether oxygens (including phenoxy) is 1. The van der Waals surface area contributed by atoms with Crippen LogP contribution in [0.3, 0.4) is 0 Å². The van der Waals surface area contributed by atoms with Gasteiger partial charge in [0.25, 0.3) is 0 Å². The van der Waals surface area contributed by atoms with Crippen molar-refractivity contribution < 1.29 is 4.74 Å². The smallest absolute Gasteiger partial charge is 0.322 e. The number of aromatic nitrogens is 7. The van der Waals surface area contributed by atoms with Crippen LogP contribution in [-0.4, -0.2) is 34.3 Å². The summed E-state index contributed by atoms with van der Waals surface area (Å²) in [5, 5.41) is 5.07. The van der Waals surface area contributed by atoms with Gasteiger partial charge in [0.1, 0.15) is 29.4 Å². The fraction of sp³-hybridized carbons (Fsp3) is 0.136. The molecule has 1 aromatic carbocycles. The Kier molecular flexibility index (Phi) is 4.47. The lowest BCUT2D eigenvalue weighted by Gasteiger charge is -2.10. The Morgan fingerprint density at radius 2 is 1.75 bits per heavy atom. The second kappa shape index (κ2) is 7.34. The van der Waals surface area contributed by atoms with E-state index in [0.29, 0.717) is 23.4 Å². The van der Waals surface area contributed by atoms with Crippen molar-refractivity contribution in [2.45, 2.75) is 6.92 Å². The number of rotatable bonds is 4. The Hall–Kier alpha value is -4.47. The summed E-state index contributed by atoms with van der Waals surface area (Å²) in [4.78, 5) is 17.1. The molecule has 0 aliphatic rings. The summed E-state index contributed by atoms with van der Waals surface area (Å²) >= 11 is 0. The SMILES string of the molecule is Cc1ccnc(Oc2ccc(-c3c(-c4cc(N)nn4C)n(C)c4ncnc(N)c34)cc2)n1. The number of fused-ring (bicyclic) bond motifs is 1. The maximum Gasteiger partial charge on any atom is 0.322 e. The Bertz CT molecular complexity index is 1450. The molecule has 10 heteroatoms. The average Bonchev–Trinajstić information content (AvgIpc) is 3.25. The molecule has 160 valence electrons. The molecule has 0 aliphatic heterocycles. The Labute approximate surface area is 183 Å². The molecule has 32 heavy (non-hydrogen) atoms. The molecule has 0 saturated heterocycles. The van der Waals surface area contributed by atoms with E-state index in [4.69, 9.17) is 16.2 Å². The van der Waals surface area contributed by atoms with Crippen LogP contribution in [0, 0.1) is 6.92 Å². The van der Waals surface area contributed by atoms with Gasteiger partial charge < -0.3 is 20.8 Å². The molecule has 0 aliphatic carbocycles. The quantitative estimate of drug-likeness (QED) is 0.447. The molecule has 0 atom stereocenters. The van der Waals surface area contributed by atoms with Gasteiger partial charge in [0.2, 0.25) is 0 Å². The van der Waals surface area contributed by atoms with E-state index in [1.165, 1.54) is 6.33 Å². The van der Waals surface area contributed by atoms with E-state index in [1.807, 2.05) is 62.0 Å². The van der Waals surface area contributed by atoms with Crippen LogP contribution >= 0.6 is 0 Å². The zero-order chi connectivity index (χ0) is 22.4. The van der Waals surface area contributed by atoms with Crippen LogP contribution in [0.4, 0.5) is 11.6 Å². The predicted molar refractivity (Wildman–Crippen MR) is 122 cm³/mol. The Morgan fingerprint density at radius 1 is 0.969 bits per heavy atom. The third-order valence-electron chi connectivity index (χ3n) is 5.26. The summed E-state index contributed by atoms with van der Waals surface area (Å²) in [6.07, 6.45) is 3.12. The van der Waals surface area contributed by atoms with Crippen molar-refractivity contribution in [3.8, 4) is 34.3 Å². The Balaban J connectivity index is 1.66. The van der Waals surface area contributed by atoms with Crippen LogP contribution in [-0.2, 0) is 14.1 Å². The van der Waals surface area contributed by atoms with Crippen molar-refractivity contribution in [3.05, 3.63) is 54.6 Å². The highest BCUT2D eigenvalue weighted by atomic mass is 16.5. The van der Waals surface area contributed by atoms with Crippen LogP contribution < -0.4 is 16.2 Å². The van der Waals surface area contributed by atoms with Crippen LogP contribution in [0.5, 0.6) is 11.8 Å². The molecule has 0 spiro atoms. The highest BCUT2D eigenvalue weighted by molar-refractivity contribution is 6.07. The van der Waals surface area contributed by atoms with E-state index in [2.05, 4.69) is 25.0 Å². The summed E-state index contributed by atoms with van der Waals surface area (Å²) in [5.41, 5.74) is 17.3.